The Morgan fingerprint density at radius 1 is 0.542 bits per heavy atom. The topological polar surface area (TPSA) is 71.8 Å². The Morgan fingerprint density at radius 2 is 1.27 bits per heavy atom. The zero-order valence-corrected chi connectivity index (χ0v) is 25.4. The van der Waals surface area contributed by atoms with Crippen LogP contribution in [0.15, 0.2) is 134 Å². The van der Waals surface area contributed by atoms with Crippen LogP contribution in [-0.2, 0) is 0 Å². The minimum Gasteiger partial charge on any atom is -0.308 e. The van der Waals surface area contributed by atoms with Gasteiger partial charge in [-0.25, -0.2) is 9.97 Å². The predicted octanol–water partition coefficient (Wildman–Crippen LogP) is 9.96. The Morgan fingerprint density at radius 3 is 2.12 bits per heavy atom. The first kappa shape index (κ1) is 25.4. The lowest BCUT2D eigenvalue weighted by Crippen LogP contribution is -2.04. The smallest absolute Gasteiger partial charge is 0.237 e. The third-order valence-corrected chi connectivity index (χ3v) is 9.89. The molecule has 0 saturated carbocycles. The van der Waals surface area contributed by atoms with Crippen molar-refractivity contribution < 1.29 is 0 Å². The van der Waals surface area contributed by atoms with Crippen molar-refractivity contribution in [2.75, 3.05) is 0 Å². The van der Waals surface area contributed by atoms with E-state index in [1.165, 1.54) is 43.5 Å². The van der Waals surface area contributed by atoms with E-state index in [1.54, 1.807) is 6.20 Å². The number of pyridine rings is 1. The van der Waals surface area contributed by atoms with Gasteiger partial charge >= 0.3 is 0 Å². The SMILES string of the molecule is N#Cc1cccc(-c2nc(-n3c4cc5ccccc5cc4c4cc5c6ccccc6n6c7ccccc7c(c43)c56)nc3ncccc23)c1. The summed E-state index contributed by atoms with van der Waals surface area (Å²) in [7, 11) is 0. The Bertz CT molecular complexity index is 3200. The molecule has 6 aromatic carbocycles. The largest absolute Gasteiger partial charge is 0.308 e. The molecular formula is C42H22N6. The molecular weight excluding hydrogens is 589 g/mol. The highest BCUT2D eigenvalue weighted by Gasteiger charge is 2.26. The number of nitriles is 1. The number of aromatic nitrogens is 5. The Labute approximate surface area is 272 Å². The molecule has 0 aliphatic rings. The molecule has 0 fully saturated rings. The molecule has 5 aromatic heterocycles. The number of nitrogens with zero attached hydrogens (tertiary/aromatic N) is 6. The summed E-state index contributed by atoms with van der Waals surface area (Å²) in [5, 5.41) is 20.0. The molecule has 0 unspecified atom stereocenters. The van der Waals surface area contributed by atoms with Gasteiger partial charge in [-0.2, -0.15) is 10.2 Å². The zero-order chi connectivity index (χ0) is 31.5. The van der Waals surface area contributed by atoms with Gasteiger partial charge in [0.15, 0.2) is 5.65 Å². The first-order valence-corrected chi connectivity index (χ1v) is 15.9. The van der Waals surface area contributed by atoms with Gasteiger partial charge in [0, 0.05) is 49.5 Å². The van der Waals surface area contributed by atoms with Crippen LogP contribution < -0.4 is 0 Å². The second kappa shape index (κ2) is 9.12. The first-order chi connectivity index (χ1) is 23.8. The molecule has 0 atom stereocenters. The van der Waals surface area contributed by atoms with Gasteiger partial charge in [0.25, 0.3) is 0 Å². The van der Waals surface area contributed by atoms with Gasteiger partial charge in [-0.15, -0.1) is 0 Å². The lowest BCUT2D eigenvalue weighted by Gasteiger charge is -2.12. The van der Waals surface area contributed by atoms with Gasteiger partial charge in [-0.3, -0.25) is 4.57 Å². The van der Waals surface area contributed by atoms with E-state index in [0.717, 1.165) is 43.8 Å². The van der Waals surface area contributed by atoms with Crippen LogP contribution in [0.25, 0.3) is 98.9 Å². The number of rotatable bonds is 2. The van der Waals surface area contributed by atoms with E-state index in [0.29, 0.717) is 17.2 Å². The third-order valence-electron chi connectivity index (χ3n) is 9.89. The highest BCUT2D eigenvalue weighted by molar-refractivity contribution is 6.34. The molecule has 48 heavy (non-hydrogen) atoms. The van der Waals surface area contributed by atoms with Gasteiger partial charge in [0.2, 0.25) is 5.95 Å². The van der Waals surface area contributed by atoms with Crippen molar-refractivity contribution in [1.29, 1.82) is 5.26 Å². The summed E-state index contributed by atoms with van der Waals surface area (Å²) in [6.45, 7) is 0. The van der Waals surface area contributed by atoms with Gasteiger partial charge in [-0.1, -0.05) is 72.8 Å². The van der Waals surface area contributed by atoms with Gasteiger partial charge < -0.3 is 4.40 Å². The molecule has 0 saturated heterocycles. The quantitative estimate of drug-likeness (QED) is 0.195. The molecule has 0 aliphatic carbocycles. The Hall–Kier alpha value is -6.84. The Balaban J connectivity index is 1.40. The molecule has 5 heterocycles. The second-order valence-corrected chi connectivity index (χ2v) is 12.4. The van der Waals surface area contributed by atoms with E-state index in [-0.39, 0.29) is 0 Å². The zero-order valence-electron chi connectivity index (χ0n) is 25.4. The number of fused-ring (bicyclic) bond motifs is 12. The average Bonchev–Trinajstić information content (AvgIpc) is 3.77. The second-order valence-electron chi connectivity index (χ2n) is 12.4. The molecule has 0 spiro atoms. The number of hydrogen-bond acceptors (Lipinski definition) is 4. The first-order valence-electron chi connectivity index (χ1n) is 15.9. The van der Waals surface area contributed by atoms with Crippen molar-refractivity contribution in [2.24, 2.45) is 0 Å². The highest BCUT2D eigenvalue weighted by Crippen LogP contribution is 2.46. The van der Waals surface area contributed by atoms with Crippen molar-refractivity contribution in [1.82, 2.24) is 23.9 Å². The van der Waals surface area contributed by atoms with Crippen molar-refractivity contribution in [3.05, 3.63) is 139 Å². The molecule has 0 radical (unpaired) electrons. The van der Waals surface area contributed by atoms with Gasteiger partial charge in [-0.05, 0) is 65.4 Å². The average molecular weight is 611 g/mol. The molecule has 11 aromatic rings. The van der Waals surface area contributed by atoms with Crippen molar-refractivity contribution in [3.8, 4) is 23.3 Å². The maximum absolute atomic E-state index is 9.73. The monoisotopic (exact) mass is 610 g/mol. The third kappa shape index (κ3) is 3.22. The minimum absolute atomic E-state index is 0.538. The van der Waals surface area contributed by atoms with E-state index in [2.05, 4.69) is 106 Å². The van der Waals surface area contributed by atoms with Crippen molar-refractivity contribution in [2.45, 2.75) is 0 Å². The fourth-order valence-electron chi connectivity index (χ4n) is 7.90. The maximum Gasteiger partial charge on any atom is 0.237 e. The lowest BCUT2D eigenvalue weighted by atomic mass is 10.0. The van der Waals surface area contributed by atoms with E-state index in [4.69, 9.17) is 15.0 Å². The molecule has 6 heteroatoms. The molecule has 0 N–H and O–H groups in total. The summed E-state index contributed by atoms with van der Waals surface area (Å²) in [6, 6.07) is 46.6. The van der Waals surface area contributed by atoms with Crippen LogP contribution in [0.4, 0.5) is 0 Å². The van der Waals surface area contributed by atoms with E-state index >= 15 is 0 Å². The predicted molar refractivity (Wildman–Crippen MR) is 194 cm³/mol. The van der Waals surface area contributed by atoms with Crippen LogP contribution in [0.5, 0.6) is 0 Å². The van der Waals surface area contributed by atoms with Crippen LogP contribution in [0, 0.1) is 11.3 Å². The van der Waals surface area contributed by atoms with Crippen LogP contribution >= 0.6 is 0 Å². The van der Waals surface area contributed by atoms with E-state index < -0.39 is 0 Å². The highest BCUT2D eigenvalue weighted by atomic mass is 15.2. The summed E-state index contributed by atoms with van der Waals surface area (Å²) in [5.74, 6) is 0.538. The van der Waals surface area contributed by atoms with Crippen LogP contribution in [-0.4, -0.2) is 23.9 Å². The van der Waals surface area contributed by atoms with Gasteiger partial charge in [0.05, 0.1) is 44.9 Å². The Kier molecular flexibility index (Phi) is 4.82. The van der Waals surface area contributed by atoms with E-state index in [1.807, 2.05) is 36.4 Å². The fourth-order valence-corrected chi connectivity index (χ4v) is 7.90. The summed E-state index contributed by atoms with van der Waals surface area (Å²) in [4.78, 5) is 15.2. The summed E-state index contributed by atoms with van der Waals surface area (Å²) < 4.78 is 4.65. The number of benzene rings is 6. The molecule has 220 valence electrons. The molecule has 0 bridgehead atoms. The lowest BCUT2D eigenvalue weighted by molar-refractivity contribution is 1.01. The summed E-state index contributed by atoms with van der Waals surface area (Å²) >= 11 is 0. The van der Waals surface area contributed by atoms with Crippen LogP contribution in [0.2, 0.25) is 0 Å². The fraction of sp³-hybridized carbons (Fsp3) is 0. The van der Waals surface area contributed by atoms with Crippen molar-refractivity contribution >= 4 is 81.7 Å². The standard InChI is InChI=1S/C42H22N6/c43-23-24-9-7-12-27(19-24)38-30-15-8-18-44-41(30)46-42(45-38)48-36-21-26-11-2-1-10-25(26)20-31(36)33-22-32-28-13-3-5-16-34(28)47-35-17-6-4-14-29(35)37(39(32)47)40(33)48/h1-22H. The number of hydrogen-bond donors (Lipinski definition) is 0. The van der Waals surface area contributed by atoms with Crippen LogP contribution in [0.1, 0.15) is 5.56 Å². The normalized spacial score (nSPS) is 12.1. The van der Waals surface area contributed by atoms with Crippen LogP contribution in [0.3, 0.4) is 0 Å². The maximum atomic E-state index is 9.73. The van der Waals surface area contributed by atoms with Crippen molar-refractivity contribution in [3.63, 3.8) is 0 Å². The summed E-state index contributed by atoms with van der Waals surface area (Å²) in [5.41, 5.74) is 8.41. The molecule has 11 rings (SSSR count). The molecule has 0 amide bonds. The number of para-hydroxylation sites is 2. The molecule has 6 nitrogen and oxygen atoms in total. The minimum atomic E-state index is 0.538. The van der Waals surface area contributed by atoms with E-state index in [9.17, 15) is 5.26 Å². The molecule has 0 aliphatic heterocycles. The summed E-state index contributed by atoms with van der Waals surface area (Å²) in [6.07, 6.45) is 1.77. The van der Waals surface area contributed by atoms with Gasteiger partial charge in [0.1, 0.15) is 0 Å².